The molecule has 0 saturated heterocycles. The van der Waals surface area contributed by atoms with E-state index < -0.39 is 0 Å². The Morgan fingerprint density at radius 2 is 2.33 bits per heavy atom. The molecule has 0 aliphatic heterocycles. The maximum Gasteiger partial charge on any atom is 0.219 e. The zero-order chi connectivity index (χ0) is 10.9. The van der Waals surface area contributed by atoms with Crippen molar-refractivity contribution in [2.45, 2.75) is 32.6 Å². The van der Waals surface area contributed by atoms with Crippen LogP contribution in [0.1, 0.15) is 31.9 Å². The summed E-state index contributed by atoms with van der Waals surface area (Å²) >= 11 is 0. The second-order valence-corrected chi connectivity index (χ2v) is 3.52. The van der Waals surface area contributed by atoms with Crippen LogP contribution in [-0.4, -0.2) is 17.4 Å². The van der Waals surface area contributed by atoms with Crippen molar-refractivity contribution in [2.75, 3.05) is 6.54 Å². The Balaban J connectivity index is 2.10. The predicted octanol–water partition coefficient (Wildman–Crippen LogP) is 1.93. The minimum Gasteiger partial charge on any atom is -0.356 e. The molecule has 1 aromatic rings. The first-order valence-corrected chi connectivity index (χ1v) is 5.49. The monoisotopic (exact) mass is 206 g/mol. The quantitative estimate of drug-likeness (QED) is 0.723. The first-order chi connectivity index (χ1) is 7.33. The van der Waals surface area contributed by atoms with Crippen molar-refractivity contribution in [3.8, 4) is 0 Å². The van der Waals surface area contributed by atoms with Crippen molar-refractivity contribution in [3.05, 3.63) is 30.1 Å². The Bertz CT molecular complexity index is 285. The highest BCUT2D eigenvalue weighted by Gasteiger charge is 1.98. The van der Waals surface area contributed by atoms with Gasteiger partial charge in [-0.15, -0.1) is 0 Å². The number of hydrogen-bond acceptors (Lipinski definition) is 2. The van der Waals surface area contributed by atoms with Gasteiger partial charge in [0.25, 0.3) is 0 Å². The molecule has 1 amide bonds. The Morgan fingerprint density at radius 3 is 3.00 bits per heavy atom. The van der Waals surface area contributed by atoms with Gasteiger partial charge in [-0.25, -0.2) is 0 Å². The third kappa shape index (κ3) is 5.15. The molecule has 3 heteroatoms. The van der Waals surface area contributed by atoms with Gasteiger partial charge < -0.3 is 5.32 Å². The number of hydrogen-bond donors (Lipinski definition) is 1. The number of nitrogens with zero attached hydrogens (tertiary/aromatic N) is 1. The van der Waals surface area contributed by atoms with Crippen LogP contribution in [0.5, 0.6) is 0 Å². The summed E-state index contributed by atoms with van der Waals surface area (Å²) in [5, 5.41) is 2.89. The molecule has 0 fully saturated rings. The minimum absolute atomic E-state index is 0.151. The van der Waals surface area contributed by atoms with E-state index in [1.54, 1.807) is 6.20 Å². The fraction of sp³-hybridized carbons (Fsp3) is 0.500. The van der Waals surface area contributed by atoms with Gasteiger partial charge in [-0.1, -0.05) is 13.0 Å². The molecule has 0 atom stereocenters. The highest BCUT2D eigenvalue weighted by molar-refractivity contribution is 5.75. The van der Waals surface area contributed by atoms with Crippen LogP contribution in [0, 0.1) is 0 Å². The van der Waals surface area contributed by atoms with E-state index in [4.69, 9.17) is 0 Å². The van der Waals surface area contributed by atoms with Crippen LogP contribution >= 0.6 is 0 Å². The molecule has 1 rings (SSSR count). The van der Waals surface area contributed by atoms with Gasteiger partial charge in [0.15, 0.2) is 0 Å². The van der Waals surface area contributed by atoms with Crippen molar-refractivity contribution in [1.82, 2.24) is 10.3 Å². The number of nitrogens with one attached hydrogen (secondary N) is 1. The largest absolute Gasteiger partial charge is 0.356 e. The fourth-order valence-corrected chi connectivity index (χ4v) is 1.36. The Hall–Kier alpha value is -1.38. The number of rotatable bonds is 6. The second-order valence-electron chi connectivity index (χ2n) is 3.52. The molecule has 82 valence electrons. The summed E-state index contributed by atoms with van der Waals surface area (Å²) in [5.41, 5.74) is 1.09. The fourth-order valence-electron chi connectivity index (χ4n) is 1.36. The lowest BCUT2D eigenvalue weighted by atomic mass is 10.2. The zero-order valence-electron chi connectivity index (χ0n) is 9.20. The van der Waals surface area contributed by atoms with Crippen LogP contribution in [0.4, 0.5) is 0 Å². The Kier molecular flexibility index (Phi) is 5.44. The first-order valence-electron chi connectivity index (χ1n) is 5.49. The normalized spacial score (nSPS) is 9.93. The summed E-state index contributed by atoms with van der Waals surface area (Å²) in [7, 11) is 0. The predicted molar refractivity (Wildman–Crippen MR) is 60.5 cm³/mol. The van der Waals surface area contributed by atoms with Crippen LogP contribution < -0.4 is 5.32 Å². The number of carbonyl (C=O) groups is 1. The van der Waals surface area contributed by atoms with Crippen molar-refractivity contribution in [3.63, 3.8) is 0 Å². The van der Waals surface area contributed by atoms with E-state index >= 15 is 0 Å². The Labute approximate surface area is 90.9 Å². The third-order valence-electron chi connectivity index (χ3n) is 2.14. The van der Waals surface area contributed by atoms with Crippen molar-refractivity contribution < 1.29 is 4.79 Å². The number of pyridine rings is 1. The number of aromatic nitrogens is 1. The van der Waals surface area contributed by atoms with Gasteiger partial charge in [-0.05, 0) is 31.4 Å². The number of amides is 1. The Morgan fingerprint density at radius 1 is 1.47 bits per heavy atom. The first kappa shape index (κ1) is 11.7. The van der Waals surface area contributed by atoms with E-state index in [2.05, 4.69) is 10.3 Å². The molecule has 0 radical (unpaired) electrons. The summed E-state index contributed by atoms with van der Waals surface area (Å²) in [6.07, 6.45) is 5.21. The molecular formula is C12H18N2O. The minimum atomic E-state index is 0.151. The van der Waals surface area contributed by atoms with E-state index in [0.29, 0.717) is 6.42 Å². The summed E-state index contributed by atoms with van der Waals surface area (Å²) in [5.74, 6) is 0.151. The molecule has 0 aliphatic rings. The molecule has 1 N–H and O–H groups in total. The van der Waals surface area contributed by atoms with Crippen LogP contribution in [0.25, 0.3) is 0 Å². The standard InChI is InChI=1S/C12H18N2O/c1-2-6-12(15)14-10-5-8-11-7-3-4-9-13-11/h3-4,7,9H,2,5-6,8,10H2,1H3,(H,14,15). The topological polar surface area (TPSA) is 42.0 Å². The SMILES string of the molecule is CCCC(=O)NCCCc1ccccn1. The molecule has 0 aliphatic carbocycles. The molecule has 0 spiro atoms. The molecular weight excluding hydrogens is 188 g/mol. The van der Waals surface area contributed by atoms with Crippen LogP contribution in [0.3, 0.4) is 0 Å². The molecule has 0 saturated carbocycles. The molecule has 0 aromatic carbocycles. The van der Waals surface area contributed by atoms with E-state index in [1.807, 2.05) is 25.1 Å². The van der Waals surface area contributed by atoms with Gasteiger partial charge >= 0.3 is 0 Å². The van der Waals surface area contributed by atoms with Crippen LogP contribution in [0.2, 0.25) is 0 Å². The van der Waals surface area contributed by atoms with E-state index in [-0.39, 0.29) is 5.91 Å². The van der Waals surface area contributed by atoms with Gasteiger partial charge in [0, 0.05) is 24.9 Å². The molecule has 0 unspecified atom stereocenters. The van der Waals surface area contributed by atoms with Crippen molar-refractivity contribution >= 4 is 5.91 Å². The van der Waals surface area contributed by atoms with E-state index in [9.17, 15) is 4.79 Å². The van der Waals surface area contributed by atoms with E-state index in [0.717, 1.165) is 31.5 Å². The van der Waals surface area contributed by atoms with Gasteiger partial charge in [0.05, 0.1) is 0 Å². The van der Waals surface area contributed by atoms with E-state index in [1.165, 1.54) is 0 Å². The molecule has 0 bridgehead atoms. The molecule has 15 heavy (non-hydrogen) atoms. The summed E-state index contributed by atoms with van der Waals surface area (Å²) in [6.45, 7) is 2.75. The lowest BCUT2D eigenvalue weighted by Gasteiger charge is -2.03. The van der Waals surface area contributed by atoms with Crippen LogP contribution in [-0.2, 0) is 11.2 Å². The summed E-state index contributed by atoms with van der Waals surface area (Å²) < 4.78 is 0. The number of aryl methyl sites for hydroxylation is 1. The summed E-state index contributed by atoms with van der Waals surface area (Å²) in [6, 6.07) is 5.90. The van der Waals surface area contributed by atoms with Crippen molar-refractivity contribution in [2.24, 2.45) is 0 Å². The molecule has 1 heterocycles. The van der Waals surface area contributed by atoms with Gasteiger partial charge in [0.2, 0.25) is 5.91 Å². The third-order valence-corrected chi connectivity index (χ3v) is 2.14. The highest BCUT2D eigenvalue weighted by Crippen LogP contribution is 1.97. The lowest BCUT2D eigenvalue weighted by molar-refractivity contribution is -0.121. The molecule has 3 nitrogen and oxygen atoms in total. The summed E-state index contributed by atoms with van der Waals surface area (Å²) in [4.78, 5) is 15.3. The lowest BCUT2D eigenvalue weighted by Crippen LogP contribution is -2.24. The number of carbonyl (C=O) groups excluding carboxylic acids is 1. The smallest absolute Gasteiger partial charge is 0.219 e. The average Bonchev–Trinajstić information content (AvgIpc) is 2.26. The van der Waals surface area contributed by atoms with Crippen molar-refractivity contribution in [1.29, 1.82) is 0 Å². The van der Waals surface area contributed by atoms with Gasteiger partial charge in [-0.3, -0.25) is 9.78 Å². The highest BCUT2D eigenvalue weighted by atomic mass is 16.1. The zero-order valence-corrected chi connectivity index (χ0v) is 9.20. The second kappa shape index (κ2) is 6.98. The van der Waals surface area contributed by atoms with Gasteiger partial charge in [-0.2, -0.15) is 0 Å². The average molecular weight is 206 g/mol. The van der Waals surface area contributed by atoms with Crippen LogP contribution in [0.15, 0.2) is 24.4 Å². The maximum absolute atomic E-state index is 11.1. The molecule has 1 aromatic heterocycles. The van der Waals surface area contributed by atoms with Gasteiger partial charge in [0.1, 0.15) is 0 Å². The maximum atomic E-state index is 11.1.